The second-order valence-corrected chi connectivity index (χ2v) is 5.68. The Morgan fingerprint density at radius 2 is 1.91 bits per heavy atom. The van der Waals surface area contributed by atoms with Gasteiger partial charge in [0.2, 0.25) is 0 Å². The Kier molecular flexibility index (Phi) is 5.74. The van der Waals surface area contributed by atoms with E-state index in [1.807, 2.05) is 55.1 Å². The first-order valence-corrected chi connectivity index (χ1v) is 7.91. The zero-order chi connectivity index (χ0) is 16.8. The molecule has 4 nitrogen and oxygen atoms in total. The second kappa shape index (κ2) is 7.77. The highest BCUT2D eigenvalue weighted by Gasteiger charge is 2.20. The van der Waals surface area contributed by atoms with Crippen molar-refractivity contribution in [3.8, 4) is 5.75 Å². The molecule has 2 aromatic rings. The van der Waals surface area contributed by atoms with Crippen molar-refractivity contribution in [2.45, 2.75) is 33.2 Å². The van der Waals surface area contributed by atoms with E-state index in [0.717, 1.165) is 17.9 Å². The fraction of sp³-hybridized carbons (Fsp3) is 0.368. The Bertz CT molecular complexity index is 635. The maximum Gasteiger partial charge on any atom is 0.255 e. The van der Waals surface area contributed by atoms with Gasteiger partial charge in [-0.1, -0.05) is 12.1 Å². The minimum absolute atomic E-state index is 0.0287. The lowest BCUT2D eigenvalue weighted by atomic mass is 10.0. The lowest BCUT2D eigenvalue weighted by Crippen LogP contribution is -2.39. The largest absolute Gasteiger partial charge is 0.497 e. The highest BCUT2D eigenvalue weighted by Crippen LogP contribution is 2.16. The van der Waals surface area contributed by atoms with Crippen LogP contribution in [0.15, 0.2) is 42.6 Å². The molecule has 1 atom stereocenters. The van der Waals surface area contributed by atoms with E-state index in [1.165, 1.54) is 5.56 Å². The predicted octanol–water partition coefficient (Wildman–Crippen LogP) is 3.49. The molecule has 0 saturated heterocycles. The third kappa shape index (κ3) is 4.31. The average Bonchev–Trinajstić information content (AvgIpc) is 2.56. The maximum atomic E-state index is 12.7. The molecule has 1 amide bonds. The maximum absolute atomic E-state index is 12.7. The summed E-state index contributed by atoms with van der Waals surface area (Å²) in [5.74, 6) is 0.872. The Balaban J connectivity index is 2.09. The van der Waals surface area contributed by atoms with Crippen LogP contribution in [0.25, 0.3) is 0 Å². The van der Waals surface area contributed by atoms with Crippen molar-refractivity contribution in [2.24, 2.45) is 0 Å². The van der Waals surface area contributed by atoms with E-state index in [-0.39, 0.29) is 11.9 Å². The molecule has 0 aliphatic heterocycles. The summed E-state index contributed by atoms with van der Waals surface area (Å²) in [6, 6.07) is 11.8. The number of carbonyl (C=O) groups excluding carboxylic acids is 1. The Hall–Kier alpha value is -2.36. The van der Waals surface area contributed by atoms with Crippen LogP contribution in [0, 0.1) is 6.92 Å². The number of aryl methyl sites for hydroxylation is 1. The summed E-state index contributed by atoms with van der Waals surface area (Å²) >= 11 is 0. The number of aromatic nitrogens is 1. The summed E-state index contributed by atoms with van der Waals surface area (Å²) in [6.07, 6.45) is 2.46. The molecule has 4 heteroatoms. The number of likely N-dealkylation sites (N-methyl/N-ethyl adjacent to an activating group) is 1. The molecule has 1 aromatic heterocycles. The van der Waals surface area contributed by atoms with Crippen LogP contribution in [-0.4, -0.2) is 35.5 Å². The smallest absolute Gasteiger partial charge is 0.255 e. The fourth-order valence-corrected chi connectivity index (χ4v) is 2.63. The zero-order valence-corrected chi connectivity index (χ0v) is 14.2. The number of carbonyl (C=O) groups is 1. The van der Waals surface area contributed by atoms with Crippen molar-refractivity contribution in [1.29, 1.82) is 0 Å². The number of methoxy groups -OCH3 is 1. The molecule has 1 aromatic carbocycles. The summed E-state index contributed by atoms with van der Waals surface area (Å²) in [5, 5.41) is 0. The lowest BCUT2D eigenvalue weighted by molar-refractivity contribution is 0.0703. The van der Waals surface area contributed by atoms with Crippen LogP contribution in [0.4, 0.5) is 0 Å². The summed E-state index contributed by atoms with van der Waals surface area (Å²) in [5.41, 5.74) is 2.74. The predicted molar refractivity (Wildman–Crippen MR) is 91.8 cm³/mol. The van der Waals surface area contributed by atoms with Gasteiger partial charge in [-0.3, -0.25) is 9.78 Å². The van der Waals surface area contributed by atoms with Crippen LogP contribution >= 0.6 is 0 Å². The van der Waals surface area contributed by atoms with Crippen LogP contribution in [0.2, 0.25) is 0 Å². The van der Waals surface area contributed by atoms with E-state index < -0.39 is 0 Å². The molecule has 1 unspecified atom stereocenters. The van der Waals surface area contributed by atoms with Crippen molar-refractivity contribution >= 4 is 5.91 Å². The first kappa shape index (κ1) is 17.0. The standard InChI is InChI=1S/C19H24N2O2/c1-5-21(19(22)17-9-6-14(2)20-13-17)15(3)12-16-7-10-18(23-4)11-8-16/h6-11,13,15H,5,12H2,1-4H3. The SMILES string of the molecule is CCN(C(=O)c1ccc(C)nc1)C(C)Cc1ccc(OC)cc1. The van der Waals surface area contributed by atoms with E-state index in [4.69, 9.17) is 4.74 Å². The molecule has 0 bridgehead atoms. The number of hydrogen-bond donors (Lipinski definition) is 0. The van der Waals surface area contributed by atoms with Crippen LogP contribution < -0.4 is 4.74 Å². The van der Waals surface area contributed by atoms with Crippen molar-refractivity contribution < 1.29 is 9.53 Å². The average molecular weight is 312 g/mol. The van der Waals surface area contributed by atoms with Crippen LogP contribution in [0.3, 0.4) is 0 Å². The Labute approximate surface area is 138 Å². The summed E-state index contributed by atoms with van der Waals surface area (Å²) in [4.78, 5) is 18.8. The second-order valence-electron chi connectivity index (χ2n) is 5.68. The van der Waals surface area contributed by atoms with Crippen LogP contribution in [-0.2, 0) is 6.42 Å². The number of nitrogens with zero attached hydrogens (tertiary/aromatic N) is 2. The van der Waals surface area contributed by atoms with Gasteiger partial charge in [0.15, 0.2) is 0 Å². The molecule has 0 spiro atoms. The van der Waals surface area contributed by atoms with E-state index >= 15 is 0 Å². The van der Waals surface area contributed by atoms with E-state index in [2.05, 4.69) is 11.9 Å². The van der Waals surface area contributed by atoms with Gasteiger partial charge in [0.05, 0.1) is 12.7 Å². The molecular weight excluding hydrogens is 288 g/mol. The first-order valence-electron chi connectivity index (χ1n) is 7.91. The minimum atomic E-state index is 0.0287. The van der Waals surface area contributed by atoms with E-state index in [0.29, 0.717) is 12.1 Å². The van der Waals surface area contributed by atoms with Crippen LogP contribution in [0.1, 0.15) is 35.5 Å². The van der Waals surface area contributed by atoms with Gasteiger partial charge in [-0.2, -0.15) is 0 Å². The topological polar surface area (TPSA) is 42.4 Å². The molecule has 0 saturated carbocycles. The number of benzene rings is 1. The molecule has 1 heterocycles. The van der Waals surface area contributed by atoms with Gasteiger partial charge < -0.3 is 9.64 Å². The molecular formula is C19H24N2O2. The number of hydrogen-bond acceptors (Lipinski definition) is 3. The van der Waals surface area contributed by atoms with E-state index in [9.17, 15) is 4.79 Å². The minimum Gasteiger partial charge on any atom is -0.497 e. The third-order valence-electron chi connectivity index (χ3n) is 3.98. The van der Waals surface area contributed by atoms with Crippen molar-refractivity contribution in [1.82, 2.24) is 9.88 Å². The number of ether oxygens (including phenoxy) is 1. The molecule has 0 fully saturated rings. The molecule has 2 rings (SSSR count). The van der Waals surface area contributed by atoms with E-state index in [1.54, 1.807) is 13.3 Å². The molecule has 0 radical (unpaired) electrons. The van der Waals surface area contributed by atoms with Gasteiger partial charge in [-0.05, 0) is 57.0 Å². The summed E-state index contributed by atoms with van der Waals surface area (Å²) in [6.45, 7) is 6.67. The van der Waals surface area contributed by atoms with Crippen molar-refractivity contribution in [2.75, 3.05) is 13.7 Å². The van der Waals surface area contributed by atoms with Gasteiger partial charge in [0, 0.05) is 24.5 Å². The Morgan fingerprint density at radius 3 is 2.43 bits per heavy atom. The number of rotatable bonds is 6. The van der Waals surface area contributed by atoms with Gasteiger partial charge in [0.25, 0.3) is 5.91 Å². The lowest BCUT2D eigenvalue weighted by Gasteiger charge is -2.28. The quantitative estimate of drug-likeness (QED) is 0.820. The third-order valence-corrected chi connectivity index (χ3v) is 3.98. The summed E-state index contributed by atoms with van der Waals surface area (Å²) in [7, 11) is 1.66. The van der Waals surface area contributed by atoms with Gasteiger partial charge in [-0.15, -0.1) is 0 Å². The van der Waals surface area contributed by atoms with Crippen molar-refractivity contribution in [3.05, 3.63) is 59.4 Å². The van der Waals surface area contributed by atoms with Crippen LogP contribution in [0.5, 0.6) is 5.75 Å². The van der Waals surface area contributed by atoms with Gasteiger partial charge in [0.1, 0.15) is 5.75 Å². The molecule has 0 aliphatic rings. The first-order chi connectivity index (χ1) is 11.0. The number of pyridine rings is 1. The zero-order valence-electron chi connectivity index (χ0n) is 14.2. The normalized spacial score (nSPS) is 11.8. The number of amides is 1. The van der Waals surface area contributed by atoms with Crippen molar-refractivity contribution in [3.63, 3.8) is 0 Å². The molecule has 0 N–H and O–H groups in total. The highest BCUT2D eigenvalue weighted by atomic mass is 16.5. The molecule has 0 aliphatic carbocycles. The highest BCUT2D eigenvalue weighted by molar-refractivity contribution is 5.94. The van der Waals surface area contributed by atoms with Gasteiger partial charge >= 0.3 is 0 Å². The monoisotopic (exact) mass is 312 g/mol. The fourth-order valence-electron chi connectivity index (χ4n) is 2.63. The van der Waals surface area contributed by atoms with Gasteiger partial charge in [-0.25, -0.2) is 0 Å². The molecule has 122 valence electrons. The molecule has 23 heavy (non-hydrogen) atoms. The summed E-state index contributed by atoms with van der Waals surface area (Å²) < 4.78 is 5.18. The Morgan fingerprint density at radius 1 is 1.22 bits per heavy atom.